The molecule has 2 aliphatic rings. The van der Waals surface area contributed by atoms with E-state index in [4.69, 9.17) is 11.6 Å². The first-order valence-electron chi connectivity index (χ1n) is 11.4. The van der Waals surface area contributed by atoms with Gasteiger partial charge in [0.2, 0.25) is 0 Å². The van der Waals surface area contributed by atoms with Crippen molar-refractivity contribution in [3.05, 3.63) is 98.9 Å². The van der Waals surface area contributed by atoms with Crippen LogP contribution in [0.3, 0.4) is 0 Å². The molecule has 0 amide bonds. The third-order valence-electron chi connectivity index (χ3n) is 7.49. The average Bonchev–Trinajstić information content (AvgIpc) is 3.77. The second-order valence-electron chi connectivity index (χ2n) is 9.49. The molecule has 4 aromatic rings. The number of halogens is 1. The van der Waals surface area contributed by atoms with Crippen LogP contribution in [0.4, 0.5) is 0 Å². The zero-order chi connectivity index (χ0) is 23.7. The van der Waals surface area contributed by atoms with Crippen molar-refractivity contribution in [3.63, 3.8) is 0 Å². The predicted octanol–water partition coefficient (Wildman–Crippen LogP) is 4.71. The number of carboxylic acid groups (broad SMARTS) is 1. The molecule has 34 heavy (non-hydrogen) atoms. The van der Waals surface area contributed by atoms with Gasteiger partial charge in [-0.1, -0.05) is 35.9 Å². The van der Waals surface area contributed by atoms with Gasteiger partial charge < -0.3 is 10.2 Å². The Morgan fingerprint density at radius 1 is 0.912 bits per heavy atom. The van der Waals surface area contributed by atoms with Gasteiger partial charge >= 0.3 is 11.7 Å². The van der Waals surface area contributed by atoms with Gasteiger partial charge in [0.05, 0.1) is 34.4 Å². The smallest absolute Gasteiger partial charge is 0.335 e. The lowest BCUT2D eigenvalue weighted by molar-refractivity contribution is 0.0696. The summed E-state index contributed by atoms with van der Waals surface area (Å²) in [7, 11) is 0. The molecule has 0 atom stereocenters. The number of carbonyl (C=O) groups is 1. The van der Waals surface area contributed by atoms with Gasteiger partial charge in [0, 0.05) is 10.4 Å². The van der Waals surface area contributed by atoms with Crippen LogP contribution >= 0.6 is 11.6 Å². The quantitative estimate of drug-likeness (QED) is 0.424. The van der Waals surface area contributed by atoms with Gasteiger partial charge in [-0.25, -0.2) is 9.59 Å². The third-order valence-corrected chi connectivity index (χ3v) is 7.73. The van der Waals surface area contributed by atoms with Gasteiger partial charge in [-0.15, -0.1) is 0 Å². The van der Waals surface area contributed by atoms with Crippen molar-refractivity contribution in [2.24, 2.45) is 0 Å². The van der Waals surface area contributed by atoms with Crippen molar-refractivity contribution < 1.29 is 15.0 Å². The molecule has 1 aromatic heterocycles. The number of aliphatic hydroxyl groups is 1. The van der Waals surface area contributed by atoms with Gasteiger partial charge in [0.25, 0.3) is 0 Å². The molecular weight excluding hydrogens is 452 g/mol. The predicted molar refractivity (Wildman–Crippen MR) is 130 cm³/mol. The number of aromatic nitrogens is 2. The molecule has 172 valence electrons. The minimum absolute atomic E-state index is 0.124. The topological polar surface area (TPSA) is 84.5 Å². The molecule has 0 unspecified atom stereocenters. The molecule has 1 heterocycles. The Hall–Kier alpha value is -3.35. The van der Waals surface area contributed by atoms with Crippen molar-refractivity contribution in [3.8, 4) is 5.69 Å². The SMILES string of the molecule is O=C(O)c1cccc(C2(n3c(=O)n(-c4ccc(C5(CO)CC5)cc4)c4cc(Cl)ccc43)CC2)c1. The summed E-state index contributed by atoms with van der Waals surface area (Å²) in [5.74, 6) is -0.990. The molecule has 6 rings (SSSR count). The molecule has 0 saturated heterocycles. The number of hydrogen-bond donors (Lipinski definition) is 2. The van der Waals surface area contributed by atoms with Crippen LogP contribution in [0.15, 0.2) is 71.5 Å². The van der Waals surface area contributed by atoms with Gasteiger partial charge in [-0.05, 0) is 79.3 Å². The van der Waals surface area contributed by atoms with Crippen molar-refractivity contribution in [2.75, 3.05) is 6.61 Å². The number of aliphatic hydroxyl groups excluding tert-OH is 1. The van der Waals surface area contributed by atoms with Crippen molar-refractivity contribution in [1.82, 2.24) is 9.13 Å². The number of carboxylic acids is 1. The summed E-state index contributed by atoms with van der Waals surface area (Å²) in [5, 5.41) is 19.8. The van der Waals surface area contributed by atoms with Crippen LogP contribution in [-0.4, -0.2) is 31.9 Å². The summed E-state index contributed by atoms with van der Waals surface area (Å²) >= 11 is 6.34. The first kappa shape index (κ1) is 21.2. The van der Waals surface area contributed by atoms with Crippen molar-refractivity contribution in [2.45, 2.75) is 36.6 Å². The minimum atomic E-state index is -0.990. The molecule has 3 aromatic carbocycles. The monoisotopic (exact) mass is 474 g/mol. The Morgan fingerprint density at radius 3 is 2.26 bits per heavy atom. The van der Waals surface area contributed by atoms with Gasteiger partial charge in [-0.2, -0.15) is 0 Å². The van der Waals surface area contributed by atoms with Gasteiger partial charge in [0.1, 0.15) is 0 Å². The fourth-order valence-electron chi connectivity index (χ4n) is 5.19. The molecule has 2 fully saturated rings. The maximum atomic E-state index is 14.0. The largest absolute Gasteiger partial charge is 0.478 e. The number of aromatic carboxylic acids is 1. The minimum Gasteiger partial charge on any atom is -0.478 e. The standard InChI is InChI=1S/C27H23ClN2O4/c28-20-6-9-22-23(15-20)29(21-7-4-18(5-8-21)26(16-31)10-11-26)25(34)30(22)27(12-13-27)19-3-1-2-17(14-19)24(32)33/h1-9,14-15,31H,10-13,16H2,(H,32,33). The molecule has 0 aliphatic heterocycles. The zero-order valence-corrected chi connectivity index (χ0v) is 19.1. The van der Waals surface area contributed by atoms with Crippen molar-refractivity contribution in [1.29, 1.82) is 0 Å². The highest BCUT2D eigenvalue weighted by Gasteiger charge is 2.49. The summed E-state index contributed by atoms with van der Waals surface area (Å²) < 4.78 is 3.47. The second-order valence-corrected chi connectivity index (χ2v) is 9.93. The van der Waals surface area contributed by atoms with E-state index in [1.54, 1.807) is 39.5 Å². The number of benzene rings is 3. The normalized spacial score (nSPS) is 17.6. The maximum Gasteiger partial charge on any atom is 0.335 e. The van der Waals surface area contributed by atoms with Crippen LogP contribution in [0.2, 0.25) is 5.02 Å². The van der Waals surface area contributed by atoms with E-state index in [1.807, 2.05) is 36.4 Å². The molecular formula is C27H23ClN2O4. The van der Waals surface area contributed by atoms with Crippen LogP contribution in [-0.2, 0) is 11.0 Å². The van der Waals surface area contributed by atoms with Gasteiger partial charge in [-0.3, -0.25) is 9.13 Å². The maximum absolute atomic E-state index is 14.0. The number of imidazole rings is 1. The molecule has 0 radical (unpaired) electrons. The fourth-order valence-corrected chi connectivity index (χ4v) is 5.35. The molecule has 2 N–H and O–H groups in total. The zero-order valence-electron chi connectivity index (χ0n) is 18.4. The average molecular weight is 475 g/mol. The Morgan fingerprint density at radius 2 is 1.65 bits per heavy atom. The molecule has 0 spiro atoms. The summed E-state index contributed by atoms with van der Waals surface area (Å²) in [4.78, 5) is 25.5. The first-order valence-corrected chi connectivity index (χ1v) is 11.8. The summed E-state index contributed by atoms with van der Waals surface area (Å²) in [6.07, 6.45) is 3.43. The number of hydrogen-bond acceptors (Lipinski definition) is 3. The highest BCUT2D eigenvalue weighted by Crippen LogP contribution is 2.50. The van der Waals surface area contributed by atoms with E-state index < -0.39 is 11.5 Å². The van der Waals surface area contributed by atoms with Crippen LogP contribution in [0.1, 0.15) is 47.2 Å². The Kier molecular flexibility index (Phi) is 4.57. The van der Waals surface area contributed by atoms with Crippen LogP contribution < -0.4 is 5.69 Å². The summed E-state index contributed by atoms with van der Waals surface area (Å²) in [6.45, 7) is 0.124. The van der Waals surface area contributed by atoms with E-state index in [0.717, 1.165) is 48.0 Å². The first-order chi connectivity index (χ1) is 16.4. The lowest BCUT2D eigenvalue weighted by Crippen LogP contribution is -2.32. The molecule has 7 heteroatoms. The highest BCUT2D eigenvalue weighted by molar-refractivity contribution is 6.31. The van der Waals surface area contributed by atoms with E-state index in [2.05, 4.69) is 0 Å². The van der Waals surface area contributed by atoms with E-state index in [0.29, 0.717) is 10.5 Å². The molecule has 0 bridgehead atoms. The van der Waals surface area contributed by atoms with Crippen LogP contribution in [0, 0.1) is 0 Å². The second kappa shape index (κ2) is 7.32. The summed E-state index contributed by atoms with van der Waals surface area (Å²) in [6, 6.07) is 20.1. The van der Waals surface area contributed by atoms with E-state index in [-0.39, 0.29) is 23.3 Å². The van der Waals surface area contributed by atoms with E-state index >= 15 is 0 Å². The number of nitrogens with zero attached hydrogens (tertiary/aromatic N) is 2. The number of fused-ring (bicyclic) bond motifs is 1. The Bertz CT molecular complexity index is 1510. The Balaban J connectivity index is 1.54. The van der Waals surface area contributed by atoms with E-state index in [9.17, 15) is 19.8 Å². The van der Waals surface area contributed by atoms with Crippen LogP contribution in [0.5, 0.6) is 0 Å². The molecule has 6 nitrogen and oxygen atoms in total. The van der Waals surface area contributed by atoms with Gasteiger partial charge in [0.15, 0.2) is 0 Å². The molecule has 2 saturated carbocycles. The summed E-state index contributed by atoms with van der Waals surface area (Å²) in [5.41, 5.74) is 3.37. The lowest BCUT2D eigenvalue weighted by Gasteiger charge is -2.18. The number of rotatable bonds is 6. The third kappa shape index (κ3) is 3.06. The van der Waals surface area contributed by atoms with Crippen LogP contribution in [0.25, 0.3) is 16.7 Å². The highest BCUT2D eigenvalue weighted by atomic mass is 35.5. The van der Waals surface area contributed by atoms with Crippen molar-refractivity contribution >= 4 is 28.6 Å². The Labute approximate surface area is 200 Å². The molecule has 2 aliphatic carbocycles. The van der Waals surface area contributed by atoms with E-state index in [1.165, 1.54) is 0 Å². The fraction of sp³-hybridized carbons (Fsp3) is 0.259. The lowest BCUT2D eigenvalue weighted by atomic mass is 9.97.